The number of alkyl halides is 1. The Kier molecular flexibility index (Phi) is 3.47. The van der Waals surface area contributed by atoms with E-state index in [9.17, 15) is 14.3 Å². The first-order valence-corrected chi connectivity index (χ1v) is 6.23. The maximum atomic E-state index is 12.4. The molecule has 4 heteroatoms. The van der Waals surface area contributed by atoms with Crippen LogP contribution >= 0.6 is 0 Å². The molecule has 1 saturated carbocycles. The molecule has 1 aliphatic heterocycles. The van der Waals surface area contributed by atoms with E-state index in [2.05, 4.69) is 0 Å². The van der Waals surface area contributed by atoms with Crippen LogP contribution in [0.5, 0.6) is 0 Å². The fraction of sp³-hybridized carbons (Fsp3) is 0.917. The van der Waals surface area contributed by atoms with Crippen LogP contribution in [0.15, 0.2) is 0 Å². The van der Waals surface area contributed by atoms with Crippen molar-refractivity contribution < 1.29 is 14.3 Å². The smallest absolute Gasteiger partial charge is 0.254 e. The van der Waals surface area contributed by atoms with Crippen LogP contribution in [0.4, 0.5) is 4.39 Å². The molecular formula is C12H20FNO2. The molecule has 0 aromatic rings. The van der Waals surface area contributed by atoms with Gasteiger partial charge in [-0.1, -0.05) is 0 Å². The summed E-state index contributed by atoms with van der Waals surface area (Å²) in [5, 5.41) is 10.2. The van der Waals surface area contributed by atoms with Crippen LogP contribution in [0.3, 0.4) is 0 Å². The van der Waals surface area contributed by atoms with Crippen molar-refractivity contribution in [1.29, 1.82) is 0 Å². The topological polar surface area (TPSA) is 40.5 Å². The van der Waals surface area contributed by atoms with Gasteiger partial charge in [0.15, 0.2) is 0 Å². The van der Waals surface area contributed by atoms with Crippen molar-refractivity contribution in [3.8, 4) is 0 Å². The van der Waals surface area contributed by atoms with E-state index in [4.69, 9.17) is 0 Å². The Labute approximate surface area is 95.6 Å². The number of halogens is 1. The van der Waals surface area contributed by atoms with Gasteiger partial charge in [0.2, 0.25) is 0 Å². The number of nitrogens with zero attached hydrogens (tertiary/aromatic N) is 1. The first-order chi connectivity index (χ1) is 7.65. The van der Waals surface area contributed by atoms with E-state index in [0.29, 0.717) is 25.9 Å². The van der Waals surface area contributed by atoms with Crippen LogP contribution in [-0.2, 0) is 4.79 Å². The SMILES string of the molecule is O=C(N1CCC(CF)CC1)C1(O)CCCC1. The molecular weight excluding hydrogens is 209 g/mol. The monoisotopic (exact) mass is 229 g/mol. The summed E-state index contributed by atoms with van der Waals surface area (Å²) >= 11 is 0. The van der Waals surface area contributed by atoms with Crippen LogP contribution < -0.4 is 0 Å². The molecule has 2 aliphatic rings. The van der Waals surface area contributed by atoms with Gasteiger partial charge in [0.05, 0.1) is 6.67 Å². The summed E-state index contributed by atoms with van der Waals surface area (Å²) in [4.78, 5) is 13.8. The second-order valence-electron chi connectivity index (χ2n) is 5.13. The lowest BCUT2D eigenvalue weighted by Crippen LogP contribution is -2.50. The van der Waals surface area contributed by atoms with Crippen LogP contribution in [0.1, 0.15) is 38.5 Å². The van der Waals surface area contributed by atoms with Crippen molar-refractivity contribution in [2.45, 2.75) is 44.1 Å². The lowest BCUT2D eigenvalue weighted by atomic mass is 9.95. The summed E-state index contributed by atoms with van der Waals surface area (Å²) in [5.41, 5.74) is -1.11. The van der Waals surface area contributed by atoms with Gasteiger partial charge in [-0.3, -0.25) is 9.18 Å². The van der Waals surface area contributed by atoms with Gasteiger partial charge in [-0.05, 0) is 44.4 Å². The molecule has 16 heavy (non-hydrogen) atoms. The van der Waals surface area contributed by atoms with Gasteiger partial charge in [-0.15, -0.1) is 0 Å². The summed E-state index contributed by atoms with van der Waals surface area (Å²) in [6.07, 6.45) is 4.52. The Hall–Kier alpha value is -0.640. The van der Waals surface area contributed by atoms with Crippen LogP contribution in [0.25, 0.3) is 0 Å². The molecule has 0 atom stereocenters. The summed E-state index contributed by atoms with van der Waals surface area (Å²) in [6, 6.07) is 0. The Morgan fingerprint density at radius 3 is 2.38 bits per heavy atom. The molecule has 92 valence electrons. The van der Waals surface area contributed by atoms with Gasteiger partial charge in [0, 0.05) is 13.1 Å². The van der Waals surface area contributed by atoms with Crippen molar-refractivity contribution in [2.75, 3.05) is 19.8 Å². The fourth-order valence-electron chi connectivity index (χ4n) is 2.76. The molecule has 2 fully saturated rings. The minimum atomic E-state index is -1.11. The molecule has 1 amide bonds. The summed E-state index contributed by atoms with van der Waals surface area (Å²) in [7, 11) is 0. The van der Waals surface area contributed by atoms with Crippen LogP contribution in [0, 0.1) is 5.92 Å². The summed E-state index contributed by atoms with van der Waals surface area (Å²) < 4.78 is 12.4. The number of carbonyl (C=O) groups is 1. The zero-order chi connectivity index (χ0) is 11.6. The van der Waals surface area contributed by atoms with E-state index in [1.165, 1.54) is 0 Å². The molecule has 0 radical (unpaired) electrons. The van der Waals surface area contributed by atoms with Gasteiger partial charge >= 0.3 is 0 Å². The van der Waals surface area contributed by atoms with Crippen molar-refractivity contribution in [3.63, 3.8) is 0 Å². The Balaban J connectivity index is 1.91. The van der Waals surface area contributed by atoms with Crippen molar-refractivity contribution in [3.05, 3.63) is 0 Å². The van der Waals surface area contributed by atoms with Crippen molar-refractivity contribution in [1.82, 2.24) is 4.90 Å². The predicted octanol–water partition coefficient (Wildman–Crippen LogP) is 1.50. The Morgan fingerprint density at radius 2 is 1.88 bits per heavy atom. The first-order valence-electron chi connectivity index (χ1n) is 6.23. The molecule has 1 heterocycles. The number of aliphatic hydroxyl groups is 1. The van der Waals surface area contributed by atoms with E-state index in [0.717, 1.165) is 25.7 Å². The first kappa shape index (κ1) is 11.8. The second-order valence-corrected chi connectivity index (χ2v) is 5.13. The van der Waals surface area contributed by atoms with E-state index < -0.39 is 5.60 Å². The van der Waals surface area contributed by atoms with E-state index in [1.807, 2.05) is 0 Å². The minimum Gasteiger partial charge on any atom is -0.380 e. The summed E-state index contributed by atoms with van der Waals surface area (Å²) in [5.74, 6) is -0.00965. The number of hydrogen-bond acceptors (Lipinski definition) is 2. The van der Waals surface area contributed by atoms with Gasteiger partial charge in [-0.25, -0.2) is 0 Å². The molecule has 1 aliphatic carbocycles. The number of amides is 1. The summed E-state index contributed by atoms with van der Waals surface area (Å²) in [6.45, 7) is 0.928. The van der Waals surface area contributed by atoms with Crippen LogP contribution in [-0.4, -0.2) is 41.3 Å². The van der Waals surface area contributed by atoms with Gasteiger partial charge in [0.1, 0.15) is 5.60 Å². The van der Waals surface area contributed by atoms with E-state index >= 15 is 0 Å². The highest BCUT2D eigenvalue weighted by molar-refractivity contribution is 5.85. The quantitative estimate of drug-likeness (QED) is 0.779. The third-order valence-electron chi connectivity index (χ3n) is 3.95. The number of piperidine rings is 1. The number of carbonyl (C=O) groups excluding carboxylic acids is 1. The molecule has 1 saturated heterocycles. The predicted molar refractivity (Wildman–Crippen MR) is 58.7 cm³/mol. The number of likely N-dealkylation sites (tertiary alicyclic amines) is 1. The molecule has 0 bridgehead atoms. The Bertz CT molecular complexity index is 256. The average Bonchev–Trinajstić information content (AvgIpc) is 2.77. The fourth-order valence-corrected chi connectivity index (χ4v) is 2.76. The third kappa shape index (κ3) is 2.21. The van der Waals surface area contributed by atoms with E-state index in [-0.39, 0.29) is 18.5 Å². The number of hydrogen-bond donors (Lipinski definition) is 1. The molecule has 1 N–H and O–H groups in total. The normalized spacial score (nSPS) is 26.0. The third-order valence-corrected chi connectivity index (χ3v) is 3.95. The zero-order valence-corrected chi connectivity index (χ0v) is 9.62. The molecule has 0 spiro atoms. The maximum Gasteiger partial charge on any atom is 0.254 e. The maximum absolute atomic E-state index is 12.4. The van der Waals surface area contributed by atoms with Gasteiger partial charge in [-0.2, -0.15) is 0 Å². The van der Waals surface area contributed by atoms with Gasteiger partial charge in [0.25, 0.3) is 5.91 Å². The lowest BCUT2D eigenvalue weighted by Gasteiger charge is -2.35. The zero-order valence-electron chi connectivity index (χ0n) is 9.62. The molecule has 0 aromatic carbocycles. The number of rotatable bonds is 2. The average molecular weight is 229 g/mol. The molecule has 0 aromatic heterocycles. The van der Waals surface area contributed by atoms with Crippen molar-refractivity contribution in [2.24, 2.45) is 5.92 Å². The standard InChI is InChI=1S/C12H20FNO2/c13-9-10-3-7-14(8-4-10)11(15)12(16)5-1-2-6-12/h10,16H,1-9H2. The largest absolute Gasteiger partial charge is 0.380 e. The lowest BCUT2D eigenvalue weighted by molar-refractivity contribution is -0.152. The highest BCUT2D eigenvalue weighted by atomic mass is 19.1. The highest BCUT2D eigenvalue weighted by Gasteiger charge is 2.42. The Morgan fingerprint density at radius 1 is 1.31 bits per heavy atom. The van der Waals surface area contributed by atoms with Gasteiger partial charge < -0.3 is 10.0 Å². The highest BCUT2D eigenvalue weighted by Crippen LogP contribution is 2.32. The van der Waals surface area contributed by atoms with Crippen molar-refractivity contribution >= 4 is 5.91 Å². The molecule has 3 nitrogen and oxygen atoms in total. The van der Waals surface area contributed by atoms with Crippen LogP contribution in [0.2, 0.25) is 0 Å². The molecule has 2 rings (SSSR count). The minimum absolute atomic E-state index is 0.113. The second kappa shape index (κ2) is 4.70. The molecule has 0 unspecified atom stereocenters. The van der Waals surface area contributed by atoms with E-state index in [1.54, 1.807) is 4.90 Å².